The molecule has 0 aromatic heterocycles. The number of hydrogen-bond donors (Lipinski definition) is 0. The summed E-state index contributed by atoms with van der Waals surface area (Å²) >= 11 is 0. The van der Waals surface area contributed by atoms with Crippen molar-refractivity contribution < 1.29 is 0 Å². The van der Waals surface area contributed by atoms with E-state index in [2.05, 4.69) is 58.4 Å². The van der Waals surface area contributed by atoms with E-state index in [0.29, 0.717) is 11.5 Å². The molecule has 0 N–H and O–H groups in total. The summed E-state index contributed by atoms with van der Waals surface area (Å²) in [6, 6.07) is 0.702. The number of hydrogen-bond acceptors (Lipinski definition) is 2. The maximum absolute atomic E-state index is 2.65. The molecule has 0 amide bonds. The smallest absolute Gasteiger partial charge is 0.0511 e. The van der Waals surface area contributed by atoms with Crippen LogP contribution in [0.3, 0.4) is 0 Å². The molecule has 0 spiro atoms. The minimum Gasteiger partial charge on any atom is -0.293 e. The van der Waals surface area contributed by atoms with E-state index < -0.39 is 0 Å². The number of rotatable bonds is 0. The zero-order valence-electron chi connectivity index (χ0n) is 11.6. The van der Waals surface area contributed by atoms with Crippen LogP contribution in [-0.4, -0.2) is 41.6 Å². The molecule has 0 aromatic rings. The van der Waals surface area contributed by atoms with Gasteiger partial charge in [-0.3, -0.25) is 9.80 Å². The molecule has 2 nitrogen and oxygen atoms in total. The van der Waals surface area contributed by atoms with Gasteiger partial charge in [-0.2, -0.15) is 0 Å². The number of nitrogens with zero attached hydrogens (tertiary/aromatic N) is 2. The topological polar surface area (TPSA) is 6.48 Å². The van der Waals surface area contributed by atoms with Crippen molar-refractivity contribution in [2.24, 2.45) is 5.41 Å². The lowest BCUT2D eigenvalue weighted by Crippen LogP contribution is -2.60. The summed E-state index contributed by atoms with van der Waals surface area (Å²) in [5.41, 5.74) is 0.654. The van der Waals surface area contributed by atoms with Gasteiger partial charge in [0.05, 0.1) is 6.67 Å². The van der Waals surface area contributed by atoms with Gasteiger partial charge in [0.15, 0.2) is 0 Å². The lowest BCUT2D eigenvalue weighted by molar-refractivity contribution is -0.0533. The molecule has 0 aromatic carbocycles. The van der Waals surface area contributed by atoms with Gasteiger partial charge in [0.2, 0.25) is 0 Å². The van der Waals surface area contributed by atoms with Gasteiger partial charge in [-0.05, 0) is 39.7 Å². The minimum atomic E-state index is 0.270. The second-order valence-electron chi connectivity index (χ2n) is 7.03. The Balaban J connectivity index is 2.85. The molecule has 1 aliphatic rings. The highest BCUT2D eigenvalue weighted by molar-refractivity contribution is 4.92. The highest BCUT2D eigenvalue weighted by atomic mass is 15.4. The van der Waals surface area contributed by atoms with Gasteiger partial charge in [0.1, 0.15) is 0 Å². The Kier molecular flexibility index (Phi) is 3.52. The fourth-order valence-corrected chi connectivity index (χ4v) is 2.51. The molecule has 1 aliphatic heterocycles. The monoisotopic (exact) mass is 212 g/mol. The van der Waals surface area contributed by atoms with Crippen LogP contribution in [0.15, 0.2) is 0 Å². The maximum atomic E-state index is 2.65. The molecule has 1 saturated heterocycles. The molecule has 1 fully saturated rings. The highest BCUT2D eigenvalue weighted by Crippen LogP contribution is 2.34. The predicted octanol–water partition coefficient (Wildman–Crippen LogP) is 2.79. The molecular formula is C13H28N2. The van der Waals surface area contributed by atoms with Crippen LogP contribution in [0.1, 0.15) is 48.0 Å². The normalized spacial score (nSPS) is 27.0. The van der Waals surface area contributed by atoms with Crippen LogP contribution >= 0.6 is 0 Å². The molecule has 2 heteroatoms. The van der Waals surface area contributed by atoms with Crippen molar-refractivity contribution in [1.82, 2.24) is 9.80 Å². The van der Waals surface area contributed by atoms with Crippen LogP contribution in [0, 0.1) is 5.41 Å². The van der Waals surface area contributed by atoms with Crippen molar-refractivity contribution in [3.8, 4) is 0 Å². The lowest BCUT2D eigenvalue weighted by Gasteiger charge is -2.52. The van der Waals surface area contributed by atoms with Crippen molar-refractivity contribution in [2.75, 3.05) is 20.3 Å². The Bertz CT molecular complexity index is 210. The van der Waals surface area contributed by atoms with Crippen LogP contribution in [0.5, 0.6) is 0 Å². The van der Waals surface area contributed by atoms with E-state index in [1.54, 1.807) is 0 Å². The van der Waals surface area contributed by atoms with Crippen molar-refractivity contribution in [3.05, 3.63) is 0 Å². The molecule has 1 unspecified atom stereocenters. The van der Waals surface area contributed by atoms with Crippen LogP contribution < -0.4 is 0 Å². The Hall–Kier alpha value is -0.0800. The standard InChI is InChI=1S/C13H28N2/c1-12(2,3)11-8-9-14(7)10-15(11)13(4,5)6/h11H,8-10H2,1-7H3. The third kappa shape index (κ3) is 3.18. The summed E-state index contributed by atoms with van der Waals surface area (Å²) in [5, 5.41) is 0. The van der Waals surface area contributed by atoms with Gasteiger partial charge >= 0.3 is 0 Å². The first-order valence-electron chi connectivity index (χ1n) is 6.07. The fourth-order valence-electron chi connectivity index (χ4n) is 2.51. The van der Waals surface area contributed by atoms with Crippen LogP contribution in [0.2, 0.25) is 0 Å². The Morgan fingerprint density at radius 1 is 1.00 bits per heavy atom. The Labute approximate surface area is 95.6 Å². The van der Waals surface area contributed by atoms with E-state index in [1.165, 1.54) is 13.0 Å². The van der Waals surface area contributed by atoms with Crippen LogP contribution in [0.25, 0.3) is 0 Å². The zero-order chi connectivity index (χ0) is 11.9. The van der Waals surface area contributed by atoms with Gasteiger partial charge in [0, 0.05) is 18.1 Å². The van der Waals surface area contributed by atoms with Crippen molar-refractivity contribution in [2.45, 2.75) is 59.5 Å². The van der Waals surface area contributed by atoms with E-state index in [0.717, 1.165) is 6.67 Å². The van der Waals surface area contributed by atoms with E-state index >= 15 is 0 Å². The third-order valence-corrected chi connectivity index (χ3v) is 3.42. The maximum Gasteiger partial charge on any atom is 0.0511 e. The largest absolute Gasteiger partial charge is 0.293 e. The van der Waals surface area contributed by atoms with E-state index in [1.807, 2.05) is 0 Å². The molecule has 0 saturated carbocycles. The zero-order valence-corrected chi connectivity index (χ0v) is 11.6. The third-order valence-electron chi connectivity index (χ3n) is 3.42. The second-order valence-corrected chi connectivity index (χ2v) is 7.03. The lowest BCUT2D eigenvalue weighted by atomic mass is 9.80. The molecule has 90 valence electrons. The Morgan fingerprint density at radius 2 is 1.53 bits per heavy atom. The summed E-state index contributed by atoms with van der Waals surface area (Å²) in [5.74, 6) is 0. The molecule has 1 atom stereocenters. The summed E-state index contributed by atoms with van der Waals surface area (Å²) < 4.78 is 0. The summed E-state index contributed by atoms with van der Waals surface area (Å²) in [6.45, 7) is 16.4. The molecule has 0 aliphatic carbocycles. The quantitative estimate of drug-likeness (QED) is 0.609. The first-order chi connectivity index (χ1) is 6.62. The molecule has 1 rings (SSSR count). The summed E-state index contributed by atoms with van der Waals surface area (Å²) in [4.78, 5) is 5.07. The second kappa shape index (κ2) is 4.06. The highest BCUT2D eigenvalue weighted by Gasteiger charge is 2.38. The average molecular weight is 212 g/mol. The summed E-state index contributed by atoms with van der Waals surface area (Å²) in [7, 11) is 2.22. The summed E-state index contributed by atoms with van der Waals surface area (Å²) in [6.07, 6.45) is 1.29. The van der Waals surface area contributed by atoms with Gasteiger partial charge in [-0.25, -0.2) is 0 Å². The first kappa shape index (κ1) is 13.0. The minimum absolute atomic E-state index is 0.270. The molecule has 1 heterocycles. The van der Waals surface area contributed by atoms with Gasteiger partial charge in [0.25, 0.3) is 0 Å². The fraction of sp³-hybridized carbons (Fsp3) is 1.00. The van der Waals surface area contributed by atoms with E-state index in [9.17, 15) is 0 Å². The predicted molar refractivity (Wildman–Crippen MR) is 66.9 cm³/mol. The average Bonchev–Trinajstić information content (AvgIpc) is 2.00. The first-order valence-corrected chi connectivity index (χ1v) is 6.07. The molecule has 15 heavy (non-hydrogen) atoms. The van der Waals surface area contributed by atoms with Gasteiger partial charge in [-0.15, -0.1) is 0 Å². The molecule has 0 bridgehead atoms. The van der Waals surface area contributed by atoms with Gasteiger partial charge in [-0.1, -0.05) is 20.8 Å². The van der Waals surface area contributed by atoms with Crippen molar-refractivity contribution in [3.63, 3.8) is 0 Å². The Morgan fingerprint density at radius 3 is 1.93 bits per heavy atom. The molecule has 0 radical (unpaired) electrons. The van der Waals surface area contributed by atoms with E-state index in [4.69, 9.17) is 0 Å². The SMILES string of the molecule is CN1CCC(C(C)(C)C)N(C(C)(C)C)C1. The van der Waals surface area contributed by atoms with Gasteiger partial charge < -0.3 is 0 Å². The van der Waals surface area contributed by atoms with E-state index in [-0.39, 0.29) is 5.54 Å². The molecular weight excluding hydrogens is 184 g/mol. The van der Waals surface area contributed by atoms with Crippen molar-refractivity contribution in [1.29, 1.82) is 0 Å². The van der Waals surface area contributed by atoms with Crippen LogP contribution in [-0.2, 0) is 0 Å². The van der Waals surface area contributed by atoms with Crippen molar-refractivity contribution >= 4 is 0 Å². The van der Waals surface area contributed by atoms with Crippen LogP contribution in [0.4, 0.5) is 0 Å².